The summed E-state index contributed by atoms with van der Waals surface area (Å²) in [6.07, 6.45) is 0. The lowest BCUT2D eigenvalue weighted by Gasteiger charge is -2.15. The predicted molar refractivity (Wildman–Crippen MR) is 70.6 cm³/mol. The molecule has 1 aliphatic rings. The van der Waals surface area contributed by atoms with Gasteiger partial charge in [-0.25, -0.2) is 9.37 Å². The standard InChI is InChI=1S/C13H15FN2OS/c1-2-15-11-7-17-6-9(11)13-16-10-4-3-8(14)5-12(10)18-13/h3-5,9,11,15H,2,6-7H2,1H3. The molecule has 3 rings (SSSR count). The fraction of sp³-hybridized carbons (Fsp3) is 0.462. The van der Waals surface area contributed by atoms with Crippen LogP contribution in [0.2, 0.25) is 0 Å². The summed E-state index contributed by atoms with van der Waals surface area (Å²) in [5.74, 6) is 0.0778. The van der Waals surface area contributed by atoms with Crippen LogP contribution in [0.15, 0.2) is 18.2 Å². The van der Waals surface area contributed by atoms with E-state index >= 15 is 0 Å². The lowest BCUT2D eigenvalue weighted by molar-refractivity contribution is 0.188. The van der Waals surface area contributed by atoms with Crippen LogP contribution in [0.5, 0.6) is 0 Å². The number of hydrogen-bond donors (Lipinski definition) is 1. The van der Waals surface area contributed by atoms with Crippen LogP contribution < -0.4 is 5.32 Å². The summed E-state index contributed by atoms with van der Waals surface area (Å²) < 4.78 is 19.6. The fourth-order valence-electron chi connectivity index (χ4n) is 2.34. The summed E-state index contributed by atoms with van der Waals surface area (Å²) in [6.45, 7) is 4.43. The largest absolute Gasteiger partial charge is 0.379 e. The molecule has 3 nitrogen and oxygen atoms in total. The van der Waals surface area contributed by atoms with E-state index in [2.05, 4.69) is 17.2 Å². The summed E-state index contributed by atoms with van der Waals surface area (Å²) in [4.78, 5) is 4.60. The fourth-order valence-corrected chi connectivity index (χ4v) is 3.48. The third kappa shape index (κ3) is 2.13. The molecule has 1 aromatic heterocycles. The van der Waals surface area contributed by atoms with E-state index in [9.17, 15) is 4.39 Å². The quantitative estimate of drug-likeness (QED) is 0.927. The molecule has 2 unspecified atom stereocenters. The monoisotopic (exact) mass is 266 g/mol. The number of benzene rings is 1. The lowest BCUT2D eigenvalue weighted by Crippen LogP contribution is -2.34. The Bertz CT molecular complexity index is 557. The molecule has 1 aromatic carbocycles. The van der Waals surface area contributed by atoms with Crippen molar-refractivity contribution in [1.82, 2.24) is 10.3 Å². The molecule has 1 N–H and O–H groups in total. The molecular formula is C13H15FN2OS. The van der Waals surface area contributed by atoms with Gasteiger partial charge >= 0.3 is 0 Å². The predicted octanol–water partition coefficient (Wildman–Crippen LogP) is 2.53. The van der Waals surface area contributed by atoms with Crippen molar-refractivity contribution in [2.75, 3.05) is 19.8 Å². The molecular weight excluding hydrogens is 251 g/mol. The Hall–Kier alpha value is -1.04. The Labute approximate surface area is 109 Å². The first kappa shape index (κ1) is 12.0. The van der Waals surface area contributed by atoms with Crippen LogP contribution in [-0.4, -0.2) is 30.8 Å². The van der Waals surface area contributed by atoms with Crippen molar-refractivity contribution in [3.63, 3.8) is 0 Å². The normalized spacial score (nSPS) is 23.9. The molecule has 0 bridgehead atoms. The second-order valence-corrected chi connectivity index (χ2v) is 5.53. The first-order valence-corrected chi connectivity index (χ1v) is 6.96. The van der Waals surface area contributed by atoms with Gasteiger partial charge in [0.05, 0.1) is 29.3 Å². The van der Waals surface area contributed by atoms with E-state index in [1.807, 2.05) is 0 Å². The molecule has 1 saturated heterocycles. The smallest absolute Gasteiger partial charge is 0.124 e. The van der Waals surface area contributed by atoms with Crippen LogP contribution >= 0.6 is 11.3 Å². The van der Waals surface area contributed by atoms with Gasteiger partial charge in [0, 0.05) is 6.04 Å². The Balaban J connectivity index is 1.93. The van der Waals surface area contributed by atoms with Crippen molar-refractivity contribution in [2.45, 2.75) is 18.9 Å². The maximum absolute atomic E-state index is 13.2. The van der Waals surface area contributed by atoms with Crippen molar-refractivity contribution in [3.8, 4) is 0 Å². The Morgan fingerprint density at radius 2 is 2.39 bits per heavy atom. The van der Waals surface area contributed by atoms with Gasteiger partial charge in [0.25, 0.3) is 0 Å². The summed E-state index contributed by atoms with van der Waals surface area (Å²) in [5, 5.41) is 4.46. The maximum Gasteiger partial charge on any atom is 0.124 e. The molecule has 1 fully saturated rings. The number of nitrogens with zero attached hydrogens (tertiary/aromatic N) is 1. The van der Waals surface area contributed by atoms with Gasteiger partial charge < -0.3 is 10.1 Å². The zero-order valence-corrected chi connectivity index (χ0v) is 11.0. The van der Waals surface area contributed by atoms with E-state index in [-0.39, 0.29) is 11.7 Å². The highest BCUT2D eigenvalue weighted by Gasteiger charge is 2.31. The molecule has 18 heavy (non-hydrogen) atoms. The van der Waals surface area contributed by atoms with Crippen LogP contribution in [0.25, 0.3) is 10.2 Å². The number of thiazole rings is 1. The molecule has 0 radical (unpaired) electrons. The third-order valence-electron chi connectivity index (χ3n) is 3.23. The molecule has 2 atom stereocenters. The number of fused-ring (bicyclic) bond motifs is 1. The number of aromatic nitrogens is 1. The minimum absolute atomic E-state index is 0.205. The van der Waals surface area contributed by atoms with Gasteiger partial charge in [0.1, 0.15) is 10.8 Å². The topological polar surface area (TPSA) is 34.1 Å². The summed E-state index contributed by atoms with van der Waals surface area (Å²) in [6, 6.07) is 5.07. The highest BCUT2D eigenvalue weighted by molar-refractivity contribution is 7.18. The molecule has 2 heterocycles. The number of ether oxygens (including phenoxy) is 1. The van der Waals surface area contributed by atoms with Crippen LogP contribution in [0.3, 0.4) is 0 Å². The van der Waals surface area contributed by atoms with Gasteiger partial charge in [-0.1, -0.05) is 6.92 Å². The molecule has 1 aliphatic heterocycles. The second-order valence-electron chi connectivity index (χ2n) is 4.47. The van der Waals surface area contributed by atoms with Crippen LogP contribution in [0, 0.1) is 5.82 Å². The molecule has 0 aliphatic carbocycles. The summed E-state index contributed by atoms with van der Waals surface area (Å²) >= 11 is 1.57. The number of hydrogen-bond acceptors (Lipinski definition) is 4. The van der Waals surface area contributed by atoms with Crippen LogP contribution in [-0.2, 0) is 4.74 Å². The van der Waals surface area contributed by atoms with Crippen molar-refractivity contribution >= 4 is 21.6 Å². The van der Waals surface area contributed by atoms with Crippen molar-refractivity contribution < 1.29 is 9.13 Å². The summed E-state index contributed by atoms with van der Waals surface area (Å²) in [5.41, 5.74) is 0.874. The highest BCUT2D eigenvalue weighted by Crippen LogP contribution is 2.32. The first-order chi connectivity index (χ1) is 8.78. The summed E-state index contributed by atoms with van der Waals surface area (Å²) in [7, 11) is 0. The van der Waals surface area contributed by atoms with E-state index in [4.69, 9.17) is 4.74 Å². The second kappa shape index (κ2) is 4.91. The van der Waals surface area contributed by atoms with Crippen molar-refractivity contribution in [3.05, 3.63) is 29.0 Å². The number of halogens is 1. The number of nitrogens with one attached hydrogen (secondary N) is 1. The van der Waals surface area contributed by atoms with Gasteiger partial charge in [0.15, 0.2) is 0 Å². The minimum Gasteiger partial charge on any atom is -0.379 e. The lowest BCUT2D eigenvalue weighted by atomic mass is 10.1. The van der Waals surface area contributed by atoms with Gasteiger partial charge in [-0.15, -0.1) is 11.3 Å². The van der Waals surface area contributed by atoms with E-state index in [1.54, 1.807) is 23.5 Å². The van der Waals surface area contributed by atoms with E-state index in [0.717, 1.165) is 28.4 Å². The average molecular weight is 266 g/mol. The zero-order chi connectivity index (χ0) is 12.5. The zero-order valence-electron chi connectivity index (χ0n) is 10.1. The minimum atomic E-state index is -0.205. The molecule has 96 valence electrons. The Morgan fingerprint density at radius 1 is 1.50 bits per heavy atom. The molecule has 2 aromatic rings. The van der Waals surface area contributed by atoms with Gasteiger partial charge in [-0.3, -0.25) is 0 Å². The van der Waals surface area contributed by atoms with Crippen LogP contribution in [0.4, 0.5) is 4.39 Å². The first-order valence-electron chi connectivity index (χ1n) is 6.15. The van der Waals surface area contributed by atoms with Crippen molar-refractivity contribution in [1.29, 1.82) is 0 Å². The van der Waals surface area contributed by atoms with E-state index in [0.29, 0.717) is 12.6 Å². The third-order valence-corrected chi connectivity index (χ3v) is 4.38. The molecule has 0 spiro atoms. The Kier molecular flexibility index (Phi) is 3.28. The number of rotatable bonds is 3. The molecule has 0 saturated carbocycles. The van der Waals surface area contributed by atoms with E-state index < -0.39 is 0 Å². The SMILES string of the molecule is CCNC1COCC1c1nc2ccc(F)cc2s1. The van der Waals surface area contributed by atoms with Gasteiger partial charge in [0.2, 0.25) is 0 Å². The van der Waals surface area contributed by atoms with Crippen LogP contribution in [0.1, 0.15) is 17.8 Å². The van der Waals surface area contributed by atoms with Gasteiger partial charge in [-0.05, 0) is 24.7 Å². The maximum atomic E-state index is 13.2. The number of likely N-dealkylation sites (N-methyl/N-ethyl adjacent to an activating group) is 1. The average Bonchev–Trinajstić information content (AvgIpc) is 2.94. The molecule has 5 heteroatoms. The van der Waals surface area contributed by atoms with Gasteiger partial charge in [-0.2, -0.15) is 0 Å². The van der Waals surface area contributed by atoms with E-state index in [1.165, 1.54) is 6.07 Å². The molecule has 0 amide bonds. The van der Waals surface area contributed by atoms with Crippen molar-refractivity contribution in [2.24, 2.45) is 0 Å². The highest BCUT2D eigenvalue weighted by atomic mass is 32.1. The Morgan fingerprint density at radius 3 is 3.22 bits per heavy atom.